The monoisotopic (exact) mass is 286 g/mol. The second-order valence-corrected chi connectivity index (χ2v) is 4.74. The summed E-state index contributed by atoms with van der Waals surface area (Å²) in [6, 6.07) is 14.1. The SMILES string of the molecule is CCOc1cc(CC(C(=O)O)c2ccccc2)ccc1O. The summed E-state index contributed by atoms with van der Waals surface area (Å²) < 4.78 is 5.33. The Hall–Kier alpha value is -2.49. The van der Waals surface area contributed by atoms with E-state index in [4.69, 9.17) is 4.74 Å². The van der Waals surface area contributed by atoms with Crippen LogP contribution in [-0.4, -0.2) is 22.8 Å². The van der Waals surface area contributed by atoms with Gasteiger partial charge in [0, 0.05) is 0 Å². The van der Waals surface area contributed by atoms with Gasteiger partial charge in [0.2, 0.25) is 0 Å². The summed E-state index contributed by atoms with van der Waals surface area (Å²) in [5.74, 6) is -1.04. The second-order valence-electron chi connectivity index (χ2n) is 4.74. The number of hydrogen-bond acceptors (Lipinski definition) is 3. The average molecular weight is 286 g/mol. The number of aromatic hydroxyl groups is 1. The third-order valence-electron chi connectivity index (χ3n) is 3.26. The maximum Gasteiger partial charge on any atom is 0.311 e. The summed E-state index contributed by atoms with van der Waals surface area (Å²) in [5.41, 5.74) is 1.57. The van der Waals surface area contributed by atoms with Crippen LogP contribution in [0.2, 0.25) is 0 Å². The number of carboxylic acid groups (broad SMARTS) is 1. The molecule has 0 spiro atoms. The number of phenolic OH excluding ortho intramolecular Hbond substituents is 1. The molecule has 0 fully saturated rings. The number of phenols is 1. The first-order valence-electron chi connectivity index (χ1n) is 6.84. The van der Waals surface area contributed by atoms with E-state index in [2.05, 4.69) is 0 Å². The highest BCUT2D eigenvalue weighted by atomic mass is 16.5. The van der Waals surface area contributed by atoms with E-state index in [1.54, 1.807) is 12.1 Å². The van der Waals surface area contributed by atoms with Crippen LogP contribution in [0.1, 0.15) is 24.0 Å². The van der Waals surface area contributed by atoms with E-state index in [9.17, 15) is 15.0 Å². The Balaban J connectivity index is 2.25. The summed E-state index contributed by atoms with van der Waals surface area (Å²) in [6.45, 7) is 2.27. The first kappa shape index (κ1) is 14.9. The number of carboxylic acids is 1. The fourth-order valence-electron chi connectivity index (χ4n) is 2.23. The van der Waals surface area contributed by atoms with E-state index >= 15 is 0 Å². The predicted molar refractivity (Wildman–Crippen MR) is 79.8 cm³/mol. The third-order valence-corrected chi connectivity index (χ3v) is 3.26. The van der Waals surface area contributed by atoms with Crippen LogP contribution in [-0.2, 0) is 11.2 Å². The van der Waals surface area contributed by atoms with Crippen molar-refractivity contribution in [1.29, 1.82) is 0 Å². The van der Waals surface area contributed by atoms with E-state index in [-0.39, 0.29) is 5.75 Å². The average Bonchev–Trinajstić information content (AvgIpc) is 2.48. The molecule has 0 aliphatic heterocycles. The van der Waals surface area contributed by atoms with Gasteiger partial charge in [-0.2, -0.15) is 0 Å². The molecule has 0 saturated heterocycles. The maximum atomic E-state index is 11.5. The normalized spacial score (nSPS) is 11.9. The van der Waals surface area contributed by atoms with Crippen molar-refractivity contribution < 1.29 is 19.7 Å². The summed E-state index contributed by atoms with van der Waals surface area (Å²) in [6.07, 6.45) is 0.347. The zero-order valence-corrected chi connectivity index (χ0v) is 11.8. The van der Waals surface area contributed by atoms with E-state index in [1.807, 2.05) is 37.3 Å². The largest absolute Gasteiger partial charge is 0.504 e. The van der Waals surface area contributed by atoms with Crippen molar-refractivity contribution in [2.24, 2.45) is 0 Å². The molecule has 21 heavy (non-hydrogen) atoms. The van der Waals surface area contributed by atoms with Gasteiger partial charge in [-0.05, 0) is 36.6 Å². The van der Waals surface area contributed by atoms with Crippen molar-refractivity contribution in [3.05, 3.63) is 59.7 Å². The number of hydrogen-bond donors (Lipinski definition) is 2. The Morgan fingerprint density at radius 3 is 2.52 bits per heavy atom. The van der Waals surface area contributed by atoms with E-state index in [1.165, 1.54) is 6.07 Å². The van der Waals surface area contributed by atoms with Crippen molar-refractivity contribution >= 4 is 5.97 Å². The molecule has 2 aromatic rings. The molecule has 0 radical (unpaired) electrons. The number of carbonyl (C=O) groups is 1. The molecule has 110 valence electrons. The van der Waals surface area contributed by atoms with Crippen molar-refractivity contribution in [3.63, 3.8) is 0 Å². The summed E-state index contributed by atoms with van der Waals surface area (Å²) in [4.78, 5) is 11.5. The van der Waals surface area contributed by atoms with Crippen molar-refractivity contribution in [3.8, 4) is 11.5 Å². The van der Waals surface area contributed by atoms with Crippen molar-refractivity contribution in [2.45, 2.75) is 19.3 Å². The van der Waals surface area contributed by atoms with Crippen LogP contribution < -0.4 is 4.74 Å². The summed E-state index contributed by atoms with van der Waals surface area (Å²) >= 11 is 0. The van der Waals surface area contributed by atoms with Crippen LogP contribution in [0.3, 0.4) is 0 Å². The smallest absolute Gasteiger partial charge is 0.311 e. The highest BCUT2D eigenvalue weighted by molar-refractivity contribution is 5.76. The van der Waals surface area contributed by atoms with Gasteiger partial charge in [0.25, 0.3) is 0 Å². The summed E-state index contributed by atoms with van der Waals surface area (Å²) in [5, 5.41) is 19.1. The molecule has 2 N–H and O–H groups in total. The van der Waals surface area contributed by atoms with E-state index in [0.717, 1.165) is 11.1 Å². The molecular weight excluding hydrogens is 268 g/mol. The first-order valence-corrected chi connectivity index (χ1v) is 6.84. The Kier molecular flexibility index (Phi) is 4.82. The number of ether oxygens (including phenoxy) is 1. The molecular formula is C17H18O4. The van der Waals surface area contributed by atoms with Crippen LogP contribution in [0.4, 0.5) is 0 Å². The topological polar surface area (TPSA) is 66.8 Å². The van der Waals surface area contributed by atoms with Gasteiger partial charge in [0.1, 0.15) is 0 Å². The van der Waals surface area contributed by atoms with Crippen LogP contribution >= 0.6 is 0 Å². The molecule has 0 amide bonds. The molecule has 0 aliphatic rings. The van der Waals surface area contributed by atoms with Crippen LogP contribution in [0.25, 0.3) is 0 Å². The second kappa shape index (κ2) is 6.79. The van der Waals surface area contributed by atoms with Gasteiger partial charge in [-0.1, -0.05) is 36.4 Å². The van der Waals surface area contributed by atoms with Crippen molar-refractivity contribution in [1.82, 2.24) is 0 Å². The molecule has 0 bridgehead atoms. The molecule has 4 heteroatoms. The molecule has 2 rings (SSSR count). The predicted octanol–water partition coefficient (Wildman–Crippen LogP) is 3.20. The van der Waals surface area contributed by atoms with Gasteiger partial charge in [0.05, 0.1) is 12.5 Å². The Morgan fingerprint density at radius 2 is 1.90 bits per heavy atom. The van der Waals surface area contributed by atoms with Gasteiger partial charge < -0.3 is 14.9 Å². The minimum Gasteiger partial charge on any atom is -0.504 e. The Morgan fingerprint density at radius 1 is 1.19 bits per heavy atom. The standard InChI is InChI=1S/C17H18O4/c1-2-21-16-11-12(8-9-15(16)18)10-14(17(19)20)13-6-4-3-5-7-13/h3-9,11,14,18H,2,10H2,1H3,(H,19,20). The van der Waals surface area contributed by atoms with Crippen LogP contribution in [0.5, 0.6) is 11.5 Å². The Bertz CT molecular complexity index is 607. The molecule has 0 aromatic heterocycles. The van der Waals surface area contributed by atoms with Gasteiger partial charge >= 0.3 is 5.97 Å². The highest BCUT2D eigenvalue weighted by Crippen LogP contribution is 2.29. The first-order chi connectivity index (χ1) is 10.1. The lowest BCUT2D eigenvalue weighted by Gasteiger charge is -2.14. The van der Waals surface area contributed by atoms with Crippen molar-refractivity contribution in [2.75, 3.05) is 6.61 Å². The summed E-state index contributed by atoms with van der Waals surface area (Å²) in [7, 11) is 0. The van der Waals surface area contributed by atoms with Gasteiger partial charge in [-0.25, -0.2) is 0 Å². The highest BCUT2D eigenvalue weighted by Gasteiger charge is 2.20. The van der Waals surface area contributed by atoms with E-state index in [0.29, 0.717) is 18.8 Å². The molecule has 1 atom stereocenters. The fraction of sp³-hybridized carbons (Fsp3) is 0.235. The molecule has 0 aliphatic carbocycles. The lowest BCUT2D eigenvalue weighted by molar-refractivity contribution is -0.138. The maximum absolute atomic E-state index is 11.5. The molecule has 1 unspecified atom stereocenters. The molecule has 0 saturated carbocycles. The quantitative estimate of drug-likeness (QED) is 0.855. The number of benzene rings is 2. The van der Waals surface area contributed by atoms with Crippen LogP contribution in [0, 0.1) is 0 Å². The zero-order valence-electron chi connectivity index (χ0n) is 11.8. The Labute approximate surface area is 123 Å². The number of aliphatic carboxylic acids is 1. The molecule has 0 heterocycles. The zero-order chi connectivity index (χ0) is 15.2. The lowest BCUT2D eigenvalue weighted by Crippen LogP contribution is -2.14. The van der Waals surface area contributed by atoms with Gasteiger partial charge in [-0.3, -0.25) is 4.79 Å². The third kappa shape index (κ3) is 3.75. The number of rotatable bonds is 6. The molecule has 4 nitrogen and oxygen atoms in total. The minimum atomic E-state index is -0.868. The van der Waals surface area contributed by atoms with E-state index < -0.39 is 11.9 Å². The minimum absolute atomic E-state index is 0.0622. The van der Waals surface area contributed by atoms with Gasteiger partial charge in [-0.15, -0.1) is 0 Å². The van der Waals surface area contributed by atoms with Gasteiger partial charge in [0.15, 0.2) is 11.5 Å². The van der Waals surface area contributed by atoms with Crippen LogP contribution in [0.15, 0.2) is 48.5 Å². The molecule has 2 aromatic carbocycles. The fourth-order valence-corrected chi connectivity index (χ4v) is 2.23. The lowest BCUT2D eigenvalue weighted by atomic mass is 9.92.